The van der Waals surface area contributed by atoms with Gasteiger partial charge in [0.1, 0.15) is 0 Å². The van der Waals surface area contributed by atoms with Crippen molar-refractivity contribution in [1.29, 1.82) is 0 Å². The number of anilines is 2. The molecule has 1 aromatic carbocycles. The van der Waals surface area contributed by atoms with Crippen LogP contribution in [0, 0.1) is 6.92 Å². The van der Waals surface area contributed by atoms with Gasteiger partial charge in [0.05, 0.1) is 11.4 Å². The predicted octanol–water partition coefficient (Wildman–Crippen LogP) is 2.26. The molecule has 0 atom stereocenters. The Bertz CT molecular complexity index is 389. The van der Waals surface area contributed by atoms with E-state index < -0.39 is 8.80 Å². The Labute approximate surface area is 116 Å². The minimum absolute atomic E-state index is 0.772. The molecule has 0 bridgehead atoms. The van der Waals surface area contributed by atoms with Crippen molar-refractivity contribution in [2.24, 2.45) is 0 Å². The average molecular weight is 284 g/mol. The fourth-order valence-electron chi connectivity index (χ4n) is 1.93. The Morgan fingerprint density at radius 1 is 1.16 bits per heavy atom. The third-order valence-electron chi connectivity index (χ3n) is 3.12. The molecule has 0 spiro atoms. The van der Waals surface area contributed by atoms with E-state index in [2.05, 4.69) is 5.32 Å². The minimum Gasteiger partial charge on any atom is -0.397 e. The van der Waals surface area contributed by atoms with Crippen LogP contribution in [0.3, 0.4) is 0 Å². The summed E-state index contributed by atoms with van der Waals surface area (Å²) in [7, 11) is 2.44. The van der Waals surface area contributed by atoms with Crippen LogP contribution >= 0.6 is 0 Å². The van der Waals surface area contributed by atoms with Crippen molar-refractivity contribution in [3.05, 3.63) is 23.8 Å². The molecule has 0 radical (unpaired) electrons. The number of hydrogen-bond acceptors (Lipinski definition) is 5. The Morgan fingerprint density at radius 3 is 2.32 bits per heavy atom. The standard InChI is InChI=1S/C13H24N2O3Si/c1-11-6-7-13(12(14)10-11)15-8-5-9-19(16-2,17-3)18-4/h6-7,10,15H,5,8-9,14H2,1-4H3. The van der Waals surface area contributed by atoms with Gasteiger partial charge in [0.25, 0.3) is 0 Å². The fraction of sp³-hybridized carbons (Fsp3) is 0.538. The summed E-state index contributed by atoms with van der Waals surface area (Å²) in [6, 6.07) is 6.77. The van der Waals surface area contributed by atoms with Gasteiger partial charge in [-0.15, -0.1) is 0 Å². The fourth-order valence-corrected chi connectivity index (χ4v) is 3.65. The van der Waals surface area contributed by atoms with Gasteiger partial charge >= 0.3 is 8.80 Å². The highest BCUT2D eigenvalue weighted by Crippen LogP contribution is 2.20. The number of nitrogens with two attached hydrogens (primary N) is 1. The summed E-state index contributed by atoms with van der Waals surface area (Å²) >= 11 is 0. The van der Waals surface area contributed by atoms with Crippen molar-refractivity contribution < 1.29 is 13.3 Å². The van der Waals surface area contributed by atoms with E-state index in [4.69, 9.17) is 19.0 Å². The highest BCUT2D eigenvalue weighted by Gasteiger charge is 2.36. The third-order valence-corrected chi connectivity index (χ3v) is 5.95. The maximum atomic E-state index is 5.94. The second-order valence-corrected chi connectivity index (χ2v) is 7.51. The maximum Gasteiger partial charge on any atom is 0.500 e. The van der Waals surface area contributed by atoms with Crippen LogP contribution in [0.5, 0.6) is 0 Å². The number of hydrogen-bond donors (Lipinski definition) is 2. The molecule has 5 nitrogen and oxygen atoms in total. The van der Waals surface area contributed by atoms with Gasteiger partial charge in [-0.25, -0.2) is 0 Å². The third kappa shape index (κ3) is 4.50. The van der Waals surface area contributed by atoms with Crippen molar-refractivity contribution in [2.75, 3.05) is 38.9 Å². The van der Waals surface area contributed by atoms with Crippen molar-refractivity contribution >= 4 is 20.2 Å². The summed E-state index contributed by atoms with van der Waals surface area (Å²) in [5.41, 5.74) is 8.83. The van der Waals surface area contributed by atoms with Crippen LogP contribution in [0.1, 0.15) is 12.0 Å². The molecule has 0 saturated carbocycles. The molecule has 0 fully saturated rings. The Morgan fingerprint density at radius 2 is 1.79 bits per heavy atom. The zero-order chi connectivity index (χ0) is 14.3. The van der Waals surface area contributed by atoms with Crippen LogP contribution < -0.4 is 11.1 Å². The van der Waals surface area contributed by atoms with Crippen LogP contribution in [0.25, 0.3) is 0 Å². The van der Waals surface area contributed by atoms with Crippen molar-refractivity contribution in [2.45, 2.75) is 19.4 Å². The number of benzene rings is 1. The Kier molecular flexibility index (Phi) is 6.30. The molecule has 0 aliphatic heterocycles. The summed E-state index contributed by atoms with van der Waals surface area (Å²) in [5.74, 6) is 0. The van der Waals surface area contributed by atoms with Gasteiger partial charge in [-0.05, 0) is 31.0 Å². The van der Waals surface area contributed by atoms with E-state index >= 15 is 0 Å². The molecular weight excluding hydrogens is 260 g/mol. The predicted molar refractivity (Wildman–Crippen MR) is 80.3 cm³/mol. The van der Waals surface area contributed by atoms with Crippen LogP contribution in [-0.4, -0.2) is 36.7 Å². The first-order valence-electron chi connectivity index (χ1n) is 6.32. The zero-order valence-corrected chi connectivity index (χ0v) is 13.2. The average Bonchev–Trinajstić information content (AvgIpc) is 2.42. The van der Waals surface area contributed by atoms with E-state index in [9.17, 15) is 0 Å². The van der Waals surface area contributed by atoms with E-state index in [0.717, 1.165) is 35.9 Å². The topological polar surface area (TPSA) is 65.7 Å². The molecule has 0 aromatic heterocycles. The van der Waals surface area contributed by atoms with Gasteiger partial charge < -0.3 is 24.3 Å². The molecule has 0 aliphatic carbocycles. The van der Waals surface area contributed by atoms with Crippen LogP contribution in [0.4, 0.5) is 11.4 Å². The first kappa shape index (κ1) is 16.0. The summed E-state index contributed by atoms with van der Waals surface area (Å²) in [6.07, 6.45) is 0.898. The van der Waals surface area contributed by atoms with Crippen molar-refractivity contribution in [1.82, 2.24) is 0 Å². The molecule has 0 heterocycles. The van der Waals surface area contributed by atoms with E-state index in [1.165, 1.54) is 0 Å². The highest BCUT2D eigenvalue weighted by molar-refractivity contribution is 6.60. The maximum absolute atomic E-state index is 5.94. The van der Waals surface area contributed by atoms with E-state index in [-0.39, 0.29) is 0 Å². The molecular formula is C13H24N2O3Si. The first-order chi connectivity index (χ1) is 9.06. The molecule has 108 valence electrons. The lowest BCUT2D eigenvalue weighted by Crippen LogP contribution is -2.42. The number of nitrogen functional groups attached to an aromatic ring is 1. The van der Waals surface area contributed by atoms with Gasteiger partial charge in [-0.1, -0.05) is 6.07 Å². The normalized spacial score (nSPS) is 11.6. The van der Waals surface area contributed by atoms with Gasteiger partial charge in [0, 0.05) is 33.9 Å². The molecule has 0 saturated heterocycles. The van der Waals surface area contributed by atoms with Gasteiger partial charge in [-0.3, -0.25) is 0 Å². The lowest BCUT2D eigenvalue weighted by atomic mass is 10.2. The van der Waals surface area contributed by atoms with Gasteiger partial charge in [-0.2, -0.15) is 0 Å². The van der Waals surface area contributed by atoms with Gasteiger partial charge in [0.15, 0.2) is 0 Å². The molecule has 0 amide bonds. The van der Waals surface area contributed by atoms with Crippen LogP contribution in [-0.2, 0) is 13.3 Å². The highest BCUT2D eigenvalue weighted by atomic mass is 28.4. The molecule has 1 rings (SSSR count). The number of rotatable bonds is 8. The largest absolute Gasteiger partial charge is 0.500 e. The zero-order valence-electron chi connectivity index (χ0n) is 12.2. The Balaban J connectivity index is 2.42. The second-order valence-electron chi connectivity index (χ2n) is 4.42. The van der Waals surface area contributed by atoms with E-state index in [1.54, 1.807) is 21.3 Å². The van der Waals surface area contributed by atoms with Gasteiger partial charge in [0.2, 0.25) is 0 Å². The molecule has 1 aromatic rings. The summed E-state index contributed by atoms with van der Waals surface area (Å²) < 4.78 is 16.1. The number of nitrogens with one attached hydrogen (secondary N) is 1. The van der Waals surface area contributed by atoms with Crippen LogP contribution in [0.15, 0.2) is 18.2 Å². The summed E-state index contributed by atoms with van der Waals surface area (Å²) in [5, 5.41) is 3.32. The van der Waals surface area contributed by atoms with E-state index in [1.807, 2.05) is 25.1 Å². The Hall–Kier alpha value is -1.08. The molecule has 0 aliphatic rings. The second kappa shape index (κ2) is 7.49. The van der Waals surface area contributed by atoms with Crippen molar-refractivity contribution in [3.8, 4) is 0 Å². The van der Waals surface area contributed by atoms with Crippen molar-refractivity contribution in [3.63, 3.8) is 0 Å². The first-order valence-corrected chi connectivity index (χ1v) is 8.25. The smallest absolute Gasteiger partial charge is 0.397 e. The quantitative estimate of drug-likeness (QED) is 0.435. The van der Waals surface area contributed by atoms with E-state index in [0.29, 0.717) is 0 Å². The summed E-state index contributed by atoms with van der Waals surface area (Å²) in [4.78, 5) is 0. The lowest BCUT2D eigenvalue weighted by Gasteiger charge is -2.24. The molecule has 19 heavy (non-hydrogen) atoms. The minimum atomic E-state index is -2.45. The molecule has 3 N–H and O–H groups in total. The van der Waals surface area contributed by atoms with Crippen LogP contribution in [0.2, 0.25) is 6.04 Å². The molecule has 0 unspecified atom stereocenters. The molecule has 6 heteroatoms. The SMILES string of the molecule is CO[Si](CCCNc1ccc(C)cc1N)(OC)OC. The lowest BCUT2D eigenvalue weighted by molar-refractivity contribution is 0.123. The summed E-state index contributed by atoms with van der Waals surface area (Å²) in [6.45, 7) is 2.83. The number of aryl methyl sites for hydroxylation is 1. The monoisotopic (exact) mass is 284 g/mol.